The molecule has 1 nitrogen and oxygen atoms in total. The number of rotatable bonds is 3. The molecule has 0 radical (unpaired) electrons. The summed E-state index contributed by atoms with van der Waals surface area (Å²) in [5.41, 5.74) is 1.18. The molecule has 16 heavy (non-hydrogen) atoms. The van der Waals surface area contributed by atoms with E-state index in [4.69, 9.17) is 0 Å². The van der Waals surface area contributed by atoms with Crippen molar-refractivity contribution in [3.05, 3.63) is 34.3 Å². The zero-order chi connectivity index (χ0) is 11.6. The van der Waals surface area contributed by atoms with Gasteiger partial charge >= 0.3 is 0 Å². The minimum atomic E-state index is -2.47. The molecule has 0 N–H and O–H groups in total. The van der Waals surface area contributed by atoms with E-state index in [0.717, 1.165) is 10.9 Å². The van der Waals surface area contributed by atoms with Crippen LogP contribution < -0.4 is 0 Å². The molecule has 0 aliphatic carbocycles. The van der Waals surface area contributed by atoms with Crippen LogP contribution in [0.15, 0.2) is 28.7 Å². The molecule has 1 fully saturated rings. The first-order valence-corrected chi connectivity index (χ1v) is 6.19. The fourth-order valence-corrected chi connectivity index (χ4v) is 2.42. The highest BCUT2D eigenvalue weighted by Crippen LogP contribution is 2.26. The maximum absolute atomic E-state index is 12.9. The molecule has 2 rings (SSSR count). The third-order valence-electron chi connectivity index (χ3n) is 2.85. The van der Waals surface area contributed by atoms with Crippen LogP contribution in [0.1, 0.15) is 12.0 Å². The zero-order valence-corrected chi connectivity index (χ0v) is 10.5. The lowest BCUT2D eigenvalue weighted by Gasteiger charge is -2.15. The molecule has 1 heterocycles. The summed E-state index contributed by atoms with van der Waals surface area (Å²) in [6, 6.07) is 8.00. The van der Waals surface area contributed by atoms with Crippen LogP contribution in [-0.4, -0.2) is 30.5 Å². The van der Waals surface area contributed by atoms with Crippen LogP contribution in [0, 0.1) is 0 Å². The summed E-state index contributed by atoms with van der Waals surface area (Å²) in [6.45, 7) is 1.15. The molecule has 1 aromatic carbocycles. The number of likely N-dealkylation sites (tertiary alicyclic amines) is 1. The molecule has 0 bridgehead atoms. The van der Waals surface area contributed by atoms with E-state index in [1.807, 2.05) is 29.2 Å². The molecule has 1 aliphatic rings. The van der Waals surface area contributed by atoms with Crippen molar-refractivity contribution in [2.45, 2.75) is 18.8 Å². The average Bonchev–Trinajstić information content (AvgIpc) is 2.56. The maximum atomic E-state index is 12.9. The Balaban J connectivity index is 1.84. The van der Waals surface area contributed by atoms with Crippen molar-refractivity contribution < 1.29 is 8.78 Å². The van der Waals surface area contributed by atoms with Crippen molar-refractivity contribution in [1.29, 1.82) is 0 Å². The van der Waals surface area contributed by atoms with Crippen LogP contribution in [0.5, 0.6) is 0 Å². The second-order valence-electron chi connectivity index (χ2n) is 4.26. The molecule has 0 spiro atoms. The second-order valence-corrected chi connectivity index (χ2v) is 5.18. The summed E-state index contributed by atoms with van der Waals surface area (Å²) in [7, 11) is 0. The SMILES string of the molecule is FC1(F)CCN(CCc2cccc(Br)c2)C1. The molecular weight excluding hydrogens is 276 g/mol. The van der Waals surface area contributed by atoms with Gasteiger partial charge in [-0.1, -0.05) is 28.1 Å². The van der Waals surface area contributed by atoms with Gasteiger partial charge in [-0.25, -0.2) is 8.78 Å². The van der Waals surface area contributed by atoms with Crippen molar-refractivity contribution in [2.24, 2.45) is 0 Å². The Hall–Kier alpha value is -0.480. The van der Waals surface area contributed by atoms with Crippen molar-refractivity contribution in [1.82, 2.24) is 4.90 Å². The van der Waals surface area contributed by atoms with Gasteiger partial charge in [0.25, 0.3) is 5.92 Å². The highest BCUT2D eigenvalue weighted by Gasteiger charge is 2.37. The van der Waals surface area contributed by atoms with Crippen molar-refractivity contribution in [3.8, 4) is 0 Å². The third kappa shape index (κ3) is 3.25. The van der Waals surface area contributed by atoms with E-state index in [0.29, 0.717) is 13.1 Å². The number of halogens is 3. The van der Waals surface area contributed by atoms with E-state index < -0.39 is 5.92 Å². The Morgan fingerprint density at radius 1 is 1.38 bits per heavy atom. The average molecular weight is 290 g/mol. The number of hydrogen-bond donors (Lipinski definition) is 0. The first-order chi connectivity index (χ1) is 7.55. The van der Waals surface area contributed by atoms with Crippen LogP contribution in [0.2, 0.25) is 0 Å². The number of benzene rings is 1. The van der Waals surface area contributed by atoms with E-state index in [1.54, 1.807) is 0 Å². The largest absolute Gasteiger partial charge is 0.297 e. The molecule has 0 saturated carbocycles. The van der Waals surface area contributed by atoms with Gasteiger partial charge in [-0.05, 0) is 24.1 Å². The lowest BCUT2D eigenvalue weighted by molar-refractivity contribution is 0.0123. The first-order valence-electron chi connectivity index (χ1n) is 5.40. The Morgan fingerprint density at radius 3 is 2.81 bits per heavy atom. The van der Waals surface area contributed by atoms with E-state index in [9.17, 15) is 8.78 Å². The van der Waals surface area contributed by atoms with E-state index in [-0.39, 0.29) is 13.0 Å². The summed E-state index contributed by atoms with van der Waals surface area (Å²) in [5, 5.41) is 0. The van der Waals surface area contributed by atoms with Gasteiger partial charge in [0.2, 0.25) is 0 Å². The number of alkyl halides is 2. The highest BCUT2D eigenvalue weighted by atomic mass is 79.9. The van der Waals surface area contributed by atoms with Crippen molar-refractivity contribution in [3.63, 3.8) is 0 Å². The Labute approximate surface area is 103 Å². The molecular formula is C12H14BrF2N. The van der Waals surface area contributed by atoms with Crippen LogP contribution in [0.25, 0.3) is 0 Å². The molecule has 1 aromatic rings. The molecule has 0 unspecified atom stereocenters. The van der Waals surface area contributed by atoms with Gasteiger partial charge in [0, 0.05) is 24.0 Å². The van der Waals surface area contributed by atoms with Crippen LogP contribution in [0.3, 0.4) is 0 Å². The van der Waals surface area contributed by atoms with Gasteiger partial charge in [-0.3, -0.25) is 4.90 Å². The molecule has 88 valence electrons. The smallest absolute Gasteiger partial charge is 0.261 e. The zero-order valence-electron chi connectivity index (χ0n) is 8.93. The maximum Gasteiger partial charge on any atom is 0.261 e. The Kier molecular flexibility index (Phi) is 3.60. The summed E-state index contributed by atoms with van der Waals surface area (Å²) in [4.78, 5) is 1.83. The van der Waals surface area contributed by atoms with E-state index >= 15 is 0 Å². The molecule has 0 aromatic heterocycles. The standard InChI is InChI=1S/C12H14BrF2N/c13-11-3-1-2-10(8-11)4-6-16-7-5-12(14,15)9-16/h1-3,8H,4-7,9H2. The molecule has 1 aliphatic heterocycles. The van der Waals surface area contributed by atoms with Crippen LogP contribution >= 0.6 is 15.9 Å². The Bertz CT molecular complexity index is 368. The van der Waals surface area contributed by atoms with E-state index in [2.05, 4.69) is 15.9 Å². The highest BCUT2D eigenvalue weighted by molar-refractivity contribution is 9.10. The summed E-state index contributed by atoms with van der Waals surface area (Å²) < 4.78 is 26.9. The first kappa shape index (κ1) is 12.0. The fraction of sp³-hybridized carbons (Fsp3) is 0.500. The Morgan fingerprint density at radius 2 is 2.19 bits per heavy atom. The van der Waals surface area contributed by atoms with E-state index in [1.165, 1.54) is 5.56 Å². The topological polar surface area (TPSA) is 3.24 Å². The minimum absolute atomic E-state index is 0.00544. The van der Waals surface area contributed by atoms with Gasteiger partial charge < -0.3 is 0 Å². The van der Waals surface area contributed by atoms with Crippen molar-refractivity contribution in [2.75, 3.05) is 19.6 Å². The van der Waals surface area contributed by atoms with Gasteiger partial charge in [-0.15, -0.1) is 0 Å². The van der Waals surface area contributed by atoms with Crippen molar-refractivity contribution >= 4 is 15.9 Å². The summed E-state index contributed by atoms with van der Waals surface area (Å²) in [5.74, 6) is -2.47. The quantitative estimate of drug-likeness (QED) is 0.825. The summed E-state index contributed by atoms with van der Waals surface area (Å²) in [6.07, 6.45) is 0.834. The monoisotopic (exact) mass is 289 g/mol. The second kappa shape index (κ2) is 4.80. The van der Waals surface area contributed by atoms with Gasteiger partial charge in [0.1, 0.15) is 0 Å². The van der Waals surface area contributed by atoms with Crippen LogP contribution in [-0.2, 0) is 6.42 Å². The molecule has 0 atom stereocenters. The fourth-order valence-electron chi connectivity index (χ4n) is 1.98. The minimum Gasteiger partial charge on any atom is -0.297 e. The molecule has 4 heteroatoms. The third-order valence-corrected chi connectivity index (χ3v) is 3.35. The lowest BCUT2D eigenvalue weighted by atomic mass is 10.1. The summed E-state index contributed by atoms with van der Waals surface area (Å²) >= 11 is 3.40. The number of nitrogens with zero attached hydrogens (tertiary/aromatic N) is 1. The number of hydrogen-bond acceptors (Lipinski definition) is 1. The van der Waals surface area contributed by atoms with Crippen LogP contribution in [0.4, 0.5) is 8.78 Å². The van der Waals surface area contributed by atoms with Gasteiger partial charge in [0.15, 0.2) is 0 Å². The normalized spacial score (nSPS) is 20.2. The molecule has 1 saturated heterocycles. The van der Waals surface area contributed by atoms with Gasteiger partial charge in [0.05, 0.1) is 6.54 Å². The predicted octanol–water partition coefficient (Wildman–Crippen LogP) is 3.33. The lowest BCUT2D eigenvalue weighted by Crippen LogP contribution is -2.27. The predicted molar refractivity (Wildman–Crippen MR) is 63.9 cm³/mol. The molecule has 0 amide bonds. The van der Waals surface area contributed by atoms with Gasteiger partial charge in [-0.2, -0.15) is 0 Å².